The van der Waals surface area contributed by atoms with Gasteiger partial charge in [0.2, 0.25) is 0 Å². The van der Waals surface area contributed by atoms with Gasteiger partial charge in [-0.25, -0.2) is 8.42 Å². The third-order valence-corrected chi connectivity index (χ3v) is 7.51. The first-order valence-corrected chi connectivity index (χ1v) is 13.0. The molecule has 3 rings (SSSR count). The Labute approximate surface area is 217 Å². The minimum atomic E-state index is -4.09. The lowest BCUT2D eigenvalue weighted by molar-refractivity contribution is -0.120. The smallest absolute Gasteiger partial charge is 0.264 e. The molecule has 0 bridgehead atoms. The van der Waals surface area contributed by atoms with Gasteiger partial charge in [-0.1, -0.05) is 69.3 Å². The molecule has 0 saturated carbocycles. The number of amides is 1. The molecular formula is C27H30ClN3O4S. The molecule has 190 valence electrons. The van der Waals surface area contributed by atoms with Gasteiger partial charge in [0.25, 0.3) is 15.9 Å². The van der Waals surface area contributed by atoms with Crippen LogP contribution in [-0.2, 0) is 20.2 Å². The summed E-state index contributed by atoms with van der Waals surface area (Å²) in [5.41, 5.74) is 8.01. The Morgan fingerprint density at radius 2 is 1.64 bits per heavy atom. The maximum Gasteiger partial charge on any atom is 0.264 e. The van der Waals surface area contributed by atoms with Crippen molar-refractivity contribution >= 4 is 38.9 Å². The molecule has 36 heavy (non-hydrogen) atoms. The molecule has 0 aliphatic heterocycles. The van der Waals surface area contributed by atoms with Crippen LogP contribution < -0.4 is 19.9 Å². The van der Waals surface area contributed by atoms with Crippen molar-refractivity contribution in [3.8, 4) is 5.75 Å². The molecule has 1 amide bonds. The van der Waals surface area contributed by atoms with Crippen LogP contribution in [0.3, 0.4) is 0 Å². The minimum absolute atomic E-state index is 0.00684. The number of anilines is 1. The number of ether oxygens (including phenoxy) is 1. The van der Waals surface area contributed by atoms with E-state index in [2.05, 4.69) is 38.2 Å². The van der Waals surface area contributed by atoms with Gasteiger partial charge >= 0.3 is 0 Å². The lowest BCUT2D eigenvalue weighted by atomic mass is 9.86. The molecule has 0 heterocycles. The van der Waals surface area contributed by atoms with Crippen LogP contribution >= 0.6 is 11.6 Å². The minimum Gasteiger partial charge on any atom is -0.497 e. The second kappa shape index (κ2) is 11.1. The zero-order valence-electron chi connectivity index (χ0n) is 20.7. The topological polar surface area (TPSA) is 87.7 Å². The SMILES string of the molecule is C=C(NNC(=O)CN(c1cccc(Cl)c1)S(=O)(=O)c1ccc(OC)cc1)c1ccc(C(C)(C)C)cc1. The number of rotatable bonds is 9. The predicted octanol–water partition coefficient (Wildman–Crippen LogP) is 5.13. The first-order valence-electron chi connectivity index (χ1n) is 11.2. The van der Waals surface area contributed by atoms with Crippen molar-refractivity contribution < 1.29 is 17.9 Å². The summed E-state index contributed by atoms with van der Waals surface area (Å²) in [5, 5.41) is 0.341. The number of carbonyl (C=O) groups is 1. The fraction of sp³-hybridized carbons (Fsp3) is 0.222. The second-order valence-corrected chi connectivity index (χ2v) is 11.4. The van der Waals surface area contributed by atoms with E-state index in [9.17, 15) is 13.2 Å². The zero-order chi connectivity index (χ0) is 26.5. The van der Waals surface area contributed by atoms with Crippen molar-refractivity contribution in [2.45, 2.75) is 31.1 Å². The van der Waals surface area contributed by atoms with Gasteiger partial charge in [0.1, 0.15) is 12.3 Å². The molecule has 0 radical (unpaired) electrons. The third kappa shape index (κ3) is 6.59. The monoisotopic (exact) mass is 527 g/mol. The molecule has 7 nitrogen and oxygen atoms in total. The normalized spacial score (nSPS) is 11.5. The van der Waals surface area contributed by atoms with Crippen molar-refractivity contribution in [1.82, 2.24) is 10.9 Å². The molecule has 0 fully saturated rings. The number of halogens is 1. The highest BCUT2D eigenvalue weighted by molar-refractivity contribution is 7.92. The van der Waals surface area contributed by atoms with Gasteiger partial charge in [-0.3, -0.25) is 20.0 Å². The van der Waals surface area contributed by atoms with Crippen molar-refractivity contribution in [2.75, 3.05) is 18.0 Å². The summed E-state index contributed by atoms with van der Waals surface area (Å²) in [7, 11) is -2.60. The van der Waals surface area contributed by atoms with E-state index in [1.54, 1.807) is 30.3 Å². The van der Waals surface area contributed by atoms with Crippen LogP contribution in [0.25, 0.3) is 5.70 Å². The maximum absolute atomic E-state index is 13.5. The van der Waals surface area contributed by atoms with E-state index in [0.29, 0.717) is 16.5 Å². The highest BCUT2D eigenvalue weighted by atomic mass is 35.5. The van der Waals surface area contributed by atoms with Gasteiger partial charge in [-0.2, -0.15) is 0 Å². The van der Waals surface area contributed by atoms with Crippen molar-refractivity contribution in [1.29, 1.82) is 0 Å². The summed E-state index contributed by atoms with van der Waals surface area (Å²) in [6.45, 7) is 9.85. The summed E-state index contributed by atoms with van der Waals surface area (Å²) in [6, 6.07) is 20.1. The molecule has 0 saturated heterocycles. The number of benzene rings is 3. The van der Waals surface area contributed by atoms with Crippen molar-refractivity contribution in [2.24, 2.45) is 0 Å². The van der Waals surface area contributed by atoms with Crippen molar-refractivity contribution in [3.05, 3.63) is 95.5 Å². The van der Waals surface area contributed by atoms with E-state index in [1.807, 2.05) is 24.3 Å². The van der Waals surface area contributed by atoms with E-state index >= 15 is 0 Å². The number of hydrogen-bond acceptors (Lipinski definition) is 5. The average Bonchev–Trinajstić information content (AvgIpc) is 2.85. The number of sulfonamides is 1. The molecule has 0 unspecified atom stereocenters. The predicted molar refractivity (Wildman–Crippen MR) is 144 cm³/mol. The van der Waals surface area contributed by atoms with Gasteiger partial charge in [-0.05, 0) is 59.0 Å². The van der Waals surface area contributed by atoms with E-state index in [-0.39, 0.29) is 16.0 Å². The van der Waals surface area contributed by atoms with Crippen LogP contribution in [0.15, 0.2) is 84.3 Å². The summed E-state index contributed by atoms with van der Waals surface area (Å²) in [4.78, 5) is 12.8. The molecule has 0 aliphatic carbocycles. The number of carbonyl (C=O) groups excluding carboxylic acids is 1. The Kier molecular flexibility index (Phi) is 8.32. The fourth-order valence-electron chi connectivity index (χ4n) is 3.38. The van der Waals surface area contributed by atoms with Gasteiger partial charge in [0, 0.05) is 5.02 Å². The largest absolute Gasteiger partial charge is 0.497 e. The Morgan fingerprint density at radius 3 is 2.19 bits per heavy atom. The molecule has 3 aromatic rings. The van der Waals surface area contributed by atoms with E-state index in [1.165, 1.54) is 30.9 Å². The summed E-state index contributed by atoms with van der Waals surface area (Å²) >= 11 is 6.11. The lowest BCUT2D eigenvalue weighted by Crippen LogP contribution is -2.45. The van der Waals surface area contributed by atoms with Crippen LogP contribution in [0.4, 0.5) is 5.69 Å². The summed E-state index contributed by atoms with van der Waals surface area (Å²) < 4.78 is 33.1. The lowest BCUT2D eigenvalue weighted by Gasteiger charge is -2.24. The fourth-order valence-corrected chi connectivity index (χ4v) is 4.98. The molecule has 0 aromatic heterocycles. The van der Waals surface area contributed by atoms with Gasteiger partial charge in [0.05, 0.1) is 23.4 Å². The first-order chi connectivity index (χ1) is 16.9. The van der Waals surface area contributed by atoms with Gasteiger partial charge < -0.3 is 4.74 Å². The van der Waals surface area contributed by atoms with E-state index < -0.39 is 22.5 Å². The highest BCUT2D eigenvalue weighted by Gasteiger charge is 2.27. The molecule has 3 aromatic carbocycles. The highest BCUT2D eigenvalue weighted by Crippen LogP contribution is 2.27. The van der Waals surface area contributed by atoms with Crippen molar-refractivity contribution in [3.63, 3.8) is 0 Å². The quantitative estimate of drug-likeness (QED) is 0.376. The summed E-state index contributed by atoms with van der Waals surface area (Å²) in [6.07, 6.45) is 0. The molecule has 0 aliphatic rings. The second-order valence-electron chi connectivity index (χ2n) is 9.15. The molecule has 2 N–H and O–H groups in total. The van der Waals surface area contributed by atoms with E-state index in [0.717, 1.165) is 9.87 Å². The third-order valence-electron chi connectivity index (χ3n) is 5.48. The summed E-state index contributed by atoms with van der Waals surface area (Å²) in [5.74, 6) is -0.0706. The Hall–Kier alpha value is -3.49. The molecule has 0 atom stereocenters. The van der Waals surface area contributed by atoms with Gasteiger partial charge in [0.15, 0.2) is 0 Å². The maximum atomic E-state index is 13.5. The Bertz CT molecular complexity index is 1330. The van der Waals surface area contributed by atoms with Crippen LogP contribution in [0, 0.1) is 0 Å². The Morgan fingerprint density at radius 1 is 1.00 bits per heavy atom. The van der Waals surface area contributed by atoms with Crippen LogP contribution in [0.5, 0.6) is 5.75 Å². The standard InChI is InChI=1S/C27H30ClN3O4S/c1-19(20-9-11-21(12-10-20)27(2,3)4)29-30-26(32)18-31(23-8-6-7-22(28)17-23)36(33,34)25-15-13-24(35-5)14-16-25/h6-17,29H,1,18H2,2-5H3,(H,30,32). The van der Waals surface area contributed by atoms with Crippen LogP contribution in [0.1, 0.15) is 31.9 Å². The Balaban J connectivity index is 1.77. The number of hydrazine groups is 1. The van der Waals surface area contributed by atoms with E-state index in [4.69, 9.17) is 16.3 Å². The number of methoxy groups -OCH3 is 1. The number of nitrogens with zero attached hydrogens (tertiary/aromatic N) is 1. The van der Waals surface area contributed by atoms with Crippen LogP contribution in [-0.4, -0.2) is 28.0 Å². The van der Waals surface area contributed by atoms with Crippen LogP contribution in [0.2, 0.25) is 5.02 Å². The van der Waals surface area contributed by atoms with Gasteiger partial charge in [-0.15, -0.1) is 0 Å². The number of nitrogens with one attached hydrogen (secondary N) is 2. The molecule has 9 heteroatoms. The molecular weight excluding hydrogens is 498 g/mol. The molecule has 0 spiro atoms. The first kappa shape index (κ1) is 27.1. The number of hydrogen-bond donors (Lipinski definition) is 2. The average molecular weight is 528 g/mol. The zero-order valence-corrected chi connectivity index (χ0v) is 22.3.